The molecular formula is C23H30O2. The third-order valence-corrected chi connectivity index (χ3v) is 7.69. The zero-order valence-corrected chi connectivity index (χ0v) is 15.8. The van der Waals surface area contributed by atoms with Crippen molar-refractivity contribution in [1.82, 2.24) is 0 Å². The van der Waals surface area contributed by atoms with Gasteiger partial charge in [0.25, 0.3) is 0 Å². The van der Waals surface area contributed by atoms with E-state index in [2.05, 4.69) is 39.0 Å². The van der Waals surface area contributed by atoms with Crippen LogP contribution in [0.2, 0.25) is 0 Å². The molecule has 5 atom stereocenters. The molecule has 2 nitrogen and oxygen atoms in total. The number of ketones is 2. The third-order valence-electron chi connectivity index (χ3n) is 7.69. The summed E-state index contributed by atoms with van der Waals surface area (Å²) in [5.74, 6) is 1.73. The van der Waals surface area contributed by atoms with Crippen molar-refractivity contribution < 1.29 is 9.59 Å². The number of Topliss-reactive ketones (excluding diaryl/α,β-unsaturated/α-hetero) is 1. The highest BCUT2D eigenvalue weighted by molar-refractivity contribution is 5.92. The molecule has 134 valence electrons. The Hall–Kier alpha value is -1.44. The van der Waals surface area contributed by atoms with Crippen molar-refractivity contribution in [2.45, 2.75) is 65.7 Å². The van der Waals surface area contributed by atoms with Gasteiger partial charge in [-0.15, -0.1) is 0 Å². The van der Waals surface area contributed by atoms with E-state index in [1.165, 1.54) is 11.1 Å². The average molecular weight is 338 g/mol. The lowest BCUT2D eigenvalue weighted by Gasteiger charge is -2.48. The van der Waals surface area contributed by atoms with Crippen molar-refractivity contribution in [1.29, 1.82) is 0 Å². The van der Waals surface area contributed by atoms with Crippen LogP contribution in [0.3, 0.4) is 0 Å². The van der Waals surface area contributed by atoms with Crippen molar-refractivity contribution in [3.05, 3.63) is 35.5 Å². The molecule has 3 unspecified atom stereocenters. The van der Waals surface area contributed by atoms with Crippen LogP contribution < -0.4 is 0 Å². The molecule has 0 aromatic rings. The summed E-state index contributed by atoms with van der Waals surface area (Å²) < 4.78 is 0. The number of carbonyl (C=O) groups is 2. The topological polar surface area (TPSA) is 34.1 Å². The van der Waals surface area contributed by atoms with Crippen molar-refractivity contribution in [3.8, 4) is 0 Å². The minimum absolute atomic E-state index is 0.0742. The van der Waals surface area contributed by atoms with E-state index in [0.717, 1.165) is 38.5 Å². The molecule has 0 aromatic heterocycles. The van der Waals surface area contributed by atoms with Gasteiger partial charge < -0.3 is 0 Å². The second-order valence-corrected chi connectivity index (χ2v) is 9.23. The first-order chi connectivity index (χ1) is 11.9. The summed E-state index contributed by atoms with van der Waals surface area (Å²) in [5.41, 5.74) is 2.86. The highest BCUT2D eigenvalue weighted by Gasteiger charge is 2.53. The van der Waals surface area contributed by atoms with Gasteiger partial charge in [0.15, 0.2) is 5.78 Å². The summed E-state index contributed by atoms with van der Waals surface area (Å²) >= 11 is 0. The van der Waals surface area contributed by atoms with Crippen LogP contribution in [0.1, 0.15) is 65.7 Å². The van der Waals surface area contributed by atoms with Gasteiger partial charge in [-0.3, -0.25) is 9.59 Å². The lowest BCUT2D eigenvalue weighted by atomic mass is 9.55. The molecule has 0 aliphatic heterocycles. The maximum atomic E-state index is 12.7. The average Bonchev–Trinajstić information content (AvgIpc) is 3.06. The van der Waals surface area contributed by atoms with E-state index in [-0.39, 0.29) is 22.5 Å². The molecule has 0 bridgehead atoms. The lowest BCUT2D eigenvalue weighted by Crippen LogP contribution is -2.41. The number of hydrogen-bond acceptors (Lipinski definition) is 2. The van der Waals surface area contributed by atoms with Gasteiger partial charge in [0.1, 0.15) is 5.78 Å². The third kappa shape index (κ3) is 2.44. The standard InChI is InChI=1S/C23H30O2/c1-4-5-19-17(7-6-15-14-16(24)8-13-23(15,19)3)18-9-11-22(2)12-10-20(25)21(18)22/h6-7,9,14,17,19,21H,4-5,8,10-13H2,1-3H3/t17?,19?,21-,22+,23?/m1/s1. The van der Waals surface area contributed by atoms with Gasteiger partial charge in [0.2, 0.25) is 0 Å². The highest BCUT2D eigenvalue weighted by atomic mass is 16.1. The van der Waals surface area contributed by atoms with Gasteiger partial charge in [-0.05, 0) is 54.1 Å². The Balaban J connectivity index is 1.75. The summed E-state index contributed by atoms with van der Waals surface area (Å²) in [6.07, 6.45) is 15.6. The van der Waals surface area contributed by atoms with E-state index in [1.807, 2.05) is 6.08 Å². The number of hydrogen-bond donors (Lipinski definition) is 0. The van der Waals surface area contributed by atoms with Crippen LogP contribution >= 0.6 is 0 Å². The second-order valence-electron chi connectivity index (χ2n) is 9.23. The van der Waals surface area contributed by atoms with Crippen LogP contribution in [0.15, 0.2) is 35.5 Å². The summed E-state index contributed by atoms with van der Waals surface area (Å²) in [6.45, 7) is 6.91. The first-order valence-electron chi connectivity index (χ1n) is 10.0. The SMILES string of the molecule is CCCC1C(C2=CC[C@@]3(C)CCC(=O)[C@@H]23)C=CC2=CC(=O)CCC21C. The van der Waals surface area contributed by atoms with E-state index in [9.17, 15) is 9.59 Å². The Kier molecular flexibility index (Phi) is 3.94. The van der Waals surface area contributed by atoms with Crippen LogP contribution in [0.5, 0.6) is 0 Å². The molecule has 0 radical (unpaired) electrons. The Morgan fingerprint density at radius 1 is 1.16 bits per heavy atom. The van der Waals surface area contributed by atoms with Crippen molar-refractivity contribution in [3.63, 3.8) is 0 Å². The summed E-state index contributed by atoms with van der Waals surface area (Å²) in [4.78, 5) is 24.6. The normalized spacial score (nSPS) is 42.9. The van der Waals surface area contributed by atoms with E-state index in [0.29, 0.717) is 24.0 Å². The molecule has 4 aliphatic rings. The molecule has 0 spiro atoms. The van der Waals surface area contributed by atoms with Gasteiger partial charge in [-0.2, -0.15) is 0 Å². The molecule has 1 fully saturated rings. The van der Waals surface area contributed by atoms with Gasteiger partial charge in [0, 0.05) is 24.7 Å². The molecule has 0 amide bonds. The monoisotopic (exact) mass is 338 g/mol. The van der Waals surface area contributed by atoms with Crippen molar-refractivity contribution in [2.24, 2.45) is 28.6 Å². The number of carbonyl (C=O) groups excluding carboxylic acids is 2. The summed E-state index contributed by atoms with van der Waals surface area (Å²) in [5, 5.41) is 0. The van der Waals surface area contributed by atoms with Crippen LogP contribution in [0.4, 0.5) is 0 Å². The zero-order chi connectivity index (χ0) is 17.8. The van der Waals surface area contributed by atoms with E-state index in [4.69, 9.17) is 0 Å². The van der Waals surface area contributed by atoms with E-state index in [1.54, 1.807) is 0 Å². The minimum atomic E-state index is 0.0742. The zero-order valence-electron chi connectivity index (χ0n) is 15.8. The van der Waals surface area contributed by atoms with Crippen LogP contribution in [0, 0.1) is 28.6 Å². The molecule has 25 heavy (non-hydrogen) atoms. The van der Waals surface area contributed by atoms with Crippen LogP contribution in [-0.4, -0.2) is 11.6 Å². The van der Waals surface area contributed by atoms with Gasteiger partial charge >= 0.3 is 0 Å². The molecule has 1 saturated carbocycles. The minimum Gasteiger partial charge on any atom is -0.299 e. The van der Waals surface area contributed by atoms with Gasteiger partial charge in [-0.1, -0.05) is 51.0 Å². The number of fused-ring (bicyclic) bond motifs is 2. The first-order valence-corrected chi connectivity index (χ1v) is 10.0. The second kappa shape index (κ2) is 5.79. The smallest absolute Gasteiger partial charge is 0.156 e. The van der Waals surface area contributed by atoms with Gasteiger partial charge in [-0.25, -0.2) is 0 Å². The van der Waals surface area contributed by atoms with Crippen LogP contribution in [0.25, 0.3) is 0 Å². The first kappa shape index (κ1) is 17.0. The number of rotatable bonds is 3. The van der Waals surface area contributed by atoms with Crippen LogP contribution in [-0.2, 0) is 9.59 Å². The molecular weight excluding hydrogens is 308 g/mol. The molecule has 4 rings (SSSR count). The molecule has 0 N–H and O–H groups in total. The fourth-order valence-electron chi connectivity index (χ4n) is 6.16. The maximum Gasteiger partial charge on any atom is 0.156 e. The van der Waals surface area contributed by atoms with Crippen molar-refractivity contribution in [2.75, 3.05) is 0 Å². The van der Waals surface area contributed by atoms with Gasteiger partial charge in [0.05, 0.1) is 0 Å². The fourth-order valence-corrected chi connectivity index (χ4v) is 6.16. The maximum absolute atomic E-state index is 12.7. The Bertz CT molecular complexity index is 710. The quantitative estimate of drug-likeness (QED) is 0.663. The Labute approximate surface area is 151 Å². The molecule has 0 saturated heterocycles. The summed E-state index contributed by atoms with van der Waals surface area (Å²) in [7, 11) is 0. The summed E-state index contributed by atoms with van der Waals surface area (Å²) in [6, 6.07) is 0. The molecule has 0 aromatic carbocycles. The highest BCUT2D eigenvalue weighted by Crippen LogP contribution is 2.59. The Morgan fingerprint density at radius 3 is 2.72 bits per heavy atom. The molecule has 0 heterocycles. The number of allylic oxidation sites excluding steroid dienone is 6. The molecule has 2 heteroatoms. The van der Waals surface area contributed by atoms with Crippen molar-refractivity contribution >= 4 is 11.6 Å². The largest absolute Gasteiger partial charge is 0.299 e. The molecule has 4 aliphatic carbocycles. The predicted molar refractivity (Wildman–Crippen MR) is 100.0 cm³/mol. The predicted octanol–water partition coefficient (Wildman–Crippen LogP) is 5.20. The van der Waals surface area contributed by atoms with E-state index < -0.39 is 0 Å². The Morgan fingerprint density at radius 2 is 1.96 bits per heavy atom. The van der Waals surface area contributed by atoms with E-state index >= 15 is 0 Å². The lowest BCUT2D eigenvalue weighted by molar-refractivity contribution is -0.120. The fraction of sp³-hybridized carbons (Fsp3) is 0.652.